The highest BCUT2D eigenvalue weighted by molar-refractivity contribution is 6.09. The molecule has 1 aliphatic heterocycles. The SMILES string of the molecule is CC1=CC(C)Oc2cc(O)c(C(=O)/C=C/c3ccccc3)cc21. The molecule has 0 aromatic heterocycles. The molecule has 0 bridgehead atoms. The Hall–Kier alpha value is -2.81. The van der Waals surface area contributed by atoms with Crippen LogP contribution in [0.15, 0.2) is 54.6 Å². The van der Waals surface area contributed by atoms with E-state index in [2.05, 4.69) is 0 Å². The average molecular weight is 306 g/mol. The van der Waals surface area contributed by atoms with Gasteiger partial charge in [-0.1, -0.05) is 36.4 Å². The van der Waals surface area contributed by atoms with E-state index in [0.717, 1.165) is 16.7 Å². The number of benzene rings is 2. The Morgan fingerprint density at radius 1 is 1.22 bits per heavy atom. The molecule has 1 atom stereocenters. The average Bonchev–Trinajstić information content (AvgIpc) is 2.53. The molecule has 0 aliphatic carbocycles. The summed E-state index contributed by atoms with van der Waals surface area (Å²) < 4.78 is 5.68. The van der Waals surface area contributed by atoms with Crippen molar-refractivity contribution >= 4 is 17.4 Å². The van der Waals surface area contributed by atoms with Crippen molar-refractivity contribution in [1.82, 2.24) is 0 Å². The Bertz CT molecular complexity index is 801. The summed E-state index contributed by atoms with van der Waals surface area (Å²) in [5, 5.41) is 10.2. The molecule has 1 heterocycles. The van der Waals surface area contributed by atoms with E-state index in [1.807, 2.05) is 50.3 Å². The molecule has 1 N–H and O–H groups in total. The summed E-state index contributed by atoms with van der Waals surface area (Å²) in [5.74, 6) is 0.313. The largest absolute Gasteiger partial charge is 0.507 e. The fourth-order valence-corrected chi connectivity index (χ4v) is 2.67. The molecule has 0 saturated heterocycles. The third-order valence-corrected chi connectivity index (χ3v) is 3.81. The number of phenols is 1. The molecule has 3 nitrogen and oxygen atoms in total. The van der Waals surface area contributed by atoms with Gasteiger partial charge in [-0.2, -0.15) is 0 Å². The van der Waals surface area contributed by atoms with E-state index >= 15 is 0 Å². The molecule has 0 saturated carbocycles. The topological polar surface area (TPSA) is 46.5 Å². The lowest BCUT2D eigenvalue weighted by atomic mass is 9.97. The minimum Gasteiger partial charge on any atom is -0.507 e. The number of rotatable bonds is 3. The summed E-state index contributed by atoms with van der Waals surface area (Å²) in [6.45, 7) is 3.91. The van der Waals surface area contributed by atoms with Crippen molar-refractivity contribution in [3.63, 3.8) is 0 Å². The summed E-state index contributed by atoms with van der Waals surface area (Å²) in [7, 11) is 0. The molecule has 3 rings (SSSR count). The van der Waals surface area contributed by atoms with E-state index < -0.39 is 0 Å². The summed E-state index contributed by atoms with van der Waals surface area (Å²) in [6, 6.07) is 12.8. The maximum absolute atomic E-state index is 12.4. The number of hydrogen-bond donors (Lipinski definition) is 1. The van der Waals surface area contributed by atoms with Crippen LogP contribution in [0.4, 0.5) is 0 Å². The van der Waals surface area contributed by atoms with Crippen LogP contribution in [0.25, 0.3) is 11.6 Å². The van der Waals surface area contributed by atoms with Gasteiger partial charge in [-0.3, -0.25) is 4.79 Å². The van der Waals surface area contributed by atoms with Crippen LogP contribution in [0, 0.1) is 0 Å². The summed E-state index contributed by atoms with van der Waals surface area (Å²) in [4.78, 5) is 12.4. The minimum atomic E-state index is -0.236. The Morgan fingerprint density at radius 2 is 1.96 bits per heavy atom. The van der Waals surface area contributed by atoms with E-state index in [0.29, 0.717) is 5.75 Å². The molecule has 0 fully saturated rings. The van der Waals surface area contributed by atoms with E-state index in [-0.39, 0.29) is 23.2 Å². The third kappa shape index (κ3) is 3.19. The monoisotopic (exact) mass is 306 g/mol. The highest BCUT2D eigenvalue weighted by Crippen LogP contribution is 2.36. The Balaban J connectivity index is 1.92. The first-order valence-electron chi connectivity index (χ1n) is 7.54. The summed E-state index contributed by atoms with van der Waals surface area (Å²) in [5.41, 5.74) is 3.10. The van der Waals surface area contributed by atoms with Crippen molar-refractivity contribution < 1.29 is 14.6 Å². The van der Waals surface area contributed by atoms with Crippen LogP contribution in [0.3, 0.4) is 0 Å². The number of aromatic hydroxyl groups is 1. The molecule has 0 radical (unpaired) electrons. The van der Waals surface area contributed by atoms with Crippen LogP contribution in [0.5, 0.6) is 11.5 Å². The van der Waals surface area contributed by atoms with Gasteiger partial charge in [-0.15, -0.1) is 0 Å². The molecule has 0 spiro atoms. The van der Waals surface area contributed by atoms with Crippen molar-refractivity contribution in [2.45, 2.75) is 20.0 Å². The van der Waals surface area contributed by atoms with Crippen molar-refractivity contribution in [2.75, 3.05) is 0 Å². The van der Waals surface area contributed by atoms with Crippen molar-refractivity contribution in [2.24, 2.45) is 0 Å². The fourth-order valence-electron chi connectivity index (χ4n) is 2.67. The Kier molecular flexibility index (Phi) is 4.02. The first-order chi connectivity index (χ1) is 11.0. The zero-order valence-corrected chi connectivity index (χ0v) is 13.1. The second kappa shape index (κ2) is 6.13. The maximum atomic E-state index is 12.4. The second-order valence-corrected chi connectivity index (χ2v) is 5.65. The van der Waals surface area contributed by atoms with Gasteiger partial charge in [0.05, 0.1) is 5.56 Å². The van der Waals surface area contributed by atoms with Crippen molar-refractivity contribution in [3.05, 3.63) is 71.3 Å². The molecule has 1 aliphatic rings. The van der Waals surface area contributed by atoms with Crippen LogP contribution in [-0.2, 0) is 0 Å². The highest BCUT2D eigenvalue weighted by Gasteiger charge is 2.20. The summed E-state index contributed by atoms with van der Waals surface area (Å²) >= 11 is 0. The highest BCUT2D eigenvalue weighted by atomic mass is 16.5. The van der Waals surface area contributed by atoms with Gasteiger partial charge in [0.15, 0.2) is 5.78 Å². The van der Waals surface area contributed by atoms with Crippen LogP contribution in [0.2, 0.25) is 0 Å². The fraction of sp³-hybridized carbons (Fsp3) is 0.150. The number of hydrogen-bond acceptors (Lipinski definition) is 3. The lowest BCUT2D eigenvalue weighted by Gasteiger charge is -2.22. The normalized spacial score (nSPS) is 16.6. The van der Waals surface area contributed by atoms with Crippen LogP contribution < -0.4 is 4.74 Å². The van der Waals surface area contributed by atoms with Crippen molar-refractivity contribution in [1.29, 1.82) is 0 Å². The number of ether oxygens (including phenoxy) is 1. The molecular weight excluding hydrogens is 288 g/mol. The summed E-state index contributed by atoms with van der Waals surface area (Å²) in [6.07, 6.45) is 5.17. The molecule has 116 valence electrons. The number of ketones is 1. The number of carbonyl (C=O) groups is 1. The third-order valence-electron chi connectivity index (χ3n) is 3.81. The van der Waals surface area contributed by atoms with Gasteiger partial charge < -0.3 is 9.84 Å². The van der Waals surface area contributed by atoms with E-state index in [1.54, 1.807) is 12.1 Å². The van der Waals surface area contributed by atoms with E-state index in [9.17, 15) is 9.90 Å². The van der Waals surface area contributed by atoms with Crippen LogP contribution in [-0.4, -0.2) is 17.0 Å². The Labute approximate surface area is 135 Å². The van der Waals surface area contributed by atoms with E-state index in [4.69, 9.17) is 4.74 Å². The molecule has 0 amide bonds. The predicted molar refractivity (Wildman–Crippen MR) is 91.7 cm³/mol. The van der Waals surface area contributed by atoms with Gasteiger partial charge in [0.2, 0.25) is 0 Å². The van der Waals surface area contributed by atoms with Crippen molar-refractivity contribution in [3.8, 4) is 11.5 Å². The molecular formula is C20H18O3. The smallest absolute Gasteiger partial charge is 0.189 e. The first kappa shape index (κ1) is 15.1. The zero-order chi connectivity index (χ0) is 16.4. The lowest BCUT2D eigenvalue weighted by molar-refractivity contribution is 0.104. The van der Waals surface area contributed by atoms with Gasteiger partial charge >= 0.3 is 0 Å². The molecule has 3 heteroatoms. The number of carbonyl (C=O) groups excluding carboxylic acids is 1. The predicted octanol–water partition coefficient (Wildman–Crippen LogP) is 4.47. The molecule has 2 aromatic rings. The van der Waals surface area contributed by atoms with E-state index in [1.165, 1.54) is 12.1 Å². The molecule has 1 unspecified atom stereocenters. The zero-order valence-electron chi connectivity index (χ0n) is 13.1. The van der Waals surface area contributed by atoms with Crippen LogP contribution in [0.1, 0.15) is 35.3 Å². The number of allylic oxidation sites excluding steroid dienone is 2. The second-order valence-electron chi connectivity index (χ2n) is 5.65. The quantitative estimate of drug-likeness (QED) is 0.672. The minimum absolute atomic E-state index is 0.0403. The lowest BCUT2D eigenvalue weighted by Crippen LogP contribution is -2.14. The standard InChI is InChI=1S/C20H18O3/c1-13-10-14(2)23-20-12-19(22)17(11-16(13)20)18(21)9-8-15-6-4-3-5-7-15/h3-12,14,22H,1-2H3/b9-8+. The molecule has 2 aromatic carbocycles. The number of phenolic OH excluding ortho intramolecular Hbond substituents is 1. The van der Waals surface area contributed by atoms with Gasteiger partial charge in [0.25, 0.3) is 0 Å². The molecule has 23 heavy (non-hydrogen) atoms. The van der Waals surface area contributed by atoms with Gasteiger partial charge in [0.1, 0.15) is 17.6 Å². The Morgan fingerprint density at radius 3 is 2.70 bits per heavy atom. The number of fused-ring (bicyclic) bond motifs is 1. The van der Waals surface area contributed by atoms with Gasteiger partial charge in [-0.05, 0) is 43.2 Å². The van der Waals surface area contributed by atoms with Gasteiger partial charge in [-0.25, -0.2) is 0 Å². The first-order valence-corrected chi connectivity index (χ1v) is 7.54. The van der Waals surface area contributed by atoms with Crippen LogP contribution >= 0.6 is 0 Å². The van der Waals surface area contributed by atoms with Gasteiger partial charge in [0, 0.05) is 11.6 Å². The maximum Gasteiger partial charge on any atom is 0.189 e.